The number of rotatable bonds is 6. The molecule has 0 aromatic heterocycles. The van der Waals surface area contributed by atoms with Crippen molar-refractivity contribution in [2.45, 2.75) is 6.92 Å². The highest BCUT2D eigenvalue weighted by molar-refractivity contribution is 6.17. The first kappa shape index (κ1) is 18.4. The Morgan fingerprint density at radius 2 is 1.60 bits per heavy atom. The maximum atomic E-state index is 12.3. The molecule has 0 spiro atoms. The molecule has 0 saturated heterocycles. The van der Waals surface area contributed by atoms with Crippen molar-refractivity contribution in [3.63, 3.8) is 0 Å². The van der Waals surface area contributed by atoms with Gasteiger partial charge in [0, 0.05) is 18.9 Å². The van der Waals surface area contributed by atoms with Gasteiger partial charge in [-0.1, -0.05) is 23.8 Å². The lowest BCUT2D eigenvalue weighted by Gasteiger charge is -2.17. The molecule has 0 bridgehead atoms. The van der Waals surface area contributed by atoms with Crippen LogP contribution in [0.1, 0.15) is 11.1 Å². The molecule has 0 heterocycles. The van der Waals surface area contributed by atoms with Gasteiger partial charge in [0.2, 0.25) is 0 Å². The van der Waals surface area contributed by atoms with E-state index in [2.05, 4.69) is 0 Å². The fourth-order valence-corrected chi connectivity index (χ4v) is 2.41. The molecule has 0 atom stereocenters. The van der Waals surface area contributed by atoms with Crippen LogP contribution in [-0.4, -0.2) is 34.3 Å². The highest BCUT2D eigenvalue weighted by Gasteiger charge is 2.16. The lowest BCUT2D eigenvalue weighted by Crippen LogP contribution is -2.13. The maximum absolute atomic E-state index is 12.3. The first-order valence-electron chi connectivity index (χ1n) is 7.82. The first-order valence-corrected chi connectivity index (χ1v) is 7.82. The Kier molecular flexibility index (Phi) is 6.06. The summed E-state index contributed by atoms with van der Waals surface area (Å²) in [6, 6.07) is 13.3. The molecule has 2 aromatic carbocycles. The fourth-order valence-electron chi connectivity index (χ4n) is 2.41. The predicted octanol–water partition coefficient (Wildman–Crippen LogP) is 3.66. The van der Waals surface area contributed by atoms with Gasteiger partial charge in [0.15, 0.2) is 11.5 Å². The number of nitrogens with zero attached hydrogens (tertiary/aromatic N) is 1. The smallest absolute Gasteiger partial charge is 0.339 e. The summed E-state index contributed by atoms with van der Waals surface area (Å²) in [6.45, 7) is 2.03. The summed E-state index contributed by atoms with van der Waals surface area (Å²) < 4.78 is 15.5. The minimum absolute atomic E-state index is 0.423. The van der Waals surface area contributed by atoms with E-state index in [0.29, 0.717) is 22.6 Å². The second kappa shape index (κ2) is 8.24. The van der Waals surface area contributed by atoms with Gasteiger partial charge >= 0.3 is 5.97 Å². The van der Waals surface area contributed by atoms with Crippen LogP contribution in [0.4, 0.5) is 5.69 Å². The zero-order valence-electron chi connectivity index (χ0n) is 15.2. The molecular weight excluding hydrogens is 318 g/mol. The second-order valence-corrected chi connectivity index (χ2v) is 5.55. The Morgan fingerprint density at radius 1 is 0.960 bits per heavy atom. The Labute approximate surface area is 148 Å². The fraction of sp³-hybridized carbons (Fsp3) is 0.250. The third-order valence-corrected chi connectivity index (χ3v) is 3.86. The molecule has 0 saturated carbocycles. The number of hydrogen-bond donors (Lipinski definition) is 0. The number of esters is 1. The summed E-state index contributed by atoms with van der Waals surface area (Å²) in [6.07, 6.45) is 1.75. The molecule has 0 aliphatic carbocycles. The van der Waals surface area contributed by atoms with Gasteiger partial charge in [-0.25, -0.2) is 4.79 Å². The van der Waals surface area contributed by atoms with Crippen LogP contribution >= 0.6 is 0 Å². The van der Waals surface area contributed by atoms with Crippen molar-refractivity contribution >= 4 is 17.2 Å². The number of carbonyl (C=O) groups excluding carboxylic acids is 1. The average Bonchev–Trinajstić information content (AvgIpc) is 2.65. The Hall–Kier alpha value is -2.95. The van der Waals surface area contributed by atoms with Crippen LogP contribution in [0.15, 0.2) is 48.7 Å². The third-order valence-electron chi connectivity index (χ3n) is 3.86. The molecule has 132 valence electrons. The van der Waals surface area contributed by atoms with Crippen molar-refractivity contribution in [2.75, 3.05) is 33.3 Å². The molecule has 0 aliphatic rings. The van der Waals surface area contributed by atoms with E-state index >= 15 is 0 Å². The van der Waals surface area contributed by atoms with Crippen LogP contribution in [0.5, 0.6) is 11.5 Å². The average molecular weight is 341 g/mol. The van der Waals surface area contributed by atoms with E-state index in [-0.39, 0.29) is 0 Å². The standard InChI is InChI=1S/C20H23NO4/c1-14-6-9-16(10-7-14)21(2)13-17(20(22)25-5)15-8-11-18(23-3)19(12-15)24-4/h6-13H,1-5H3/b17-13-. The summed E-state index contributed by atoms with van der Waals surface area (Å²) in [7, 11) is 6.37. The van der Waals surface area contributed by atoms with Crippen LogP contribution in [0.3, 0.4) is 0 Å². The van der Waals surface area contributed by atoms with E-state index in [9.17, 15) is 4.79 Å². The van der Waals surface area contributed by atoms with E-state index < -0.39 is 5.97 Å². The molecule has 5 heteroatoms. The normalized spacial score (nSPS) is 11.0. The van der Waals surface area contributed by atoms with Crippen molar-refractivity contribution in [2.24, 2.45) is 0 Å². The quantitative estimate of drug-likeness (QED) is 0.593. The number of hydrogen-bond acceptors (Lipinski definition) is 5. The van der Waals surface area contributed by atoms with Gasteiger partial charge in [-0.15, -0.1) is 0 Å². The van der Waals surface area contributed by atoms with Crippen molar-refractivity contribution in [3.05, 3.63) is 59.8 Å². The van der Waals surface area contributed by atoms with Gasteiger partial charge < -0.3 is 19.1 Å². The van der Waals surface area contributed by atoms with Crippen molar-refractivity contribution in [1.29, 1.82) is 0 Å². The molecule has 0 aliphatic heterocycles. The summed E-state index contributed by atoms with van der Waals surface area (Å²) in [4.78, 5) is 14.2. The summed E-state index contributed by atoms with van der Waals surface area (Å²) >= 11 is 0. The second-order valence-electron chi connectivity index (χ2n) is 5.55. The topological polar surface area (TPSA) is 48.0 Å². The lowest BCUT2D eigenvalue weighted by atomic mass is 10.1. The van der Waals surface area contributed by atoms with E-state index in [4.69, 9.17) is 14.2 Å². The monoisotopic (exact) mass is 341 g/mol. The molecule has 0 unspecified atom stereocenters. The summed E-state index contributed by atoms with van der Waals surface area (Å²) in [5, 5.41) is 0. The van der Waals surface area contributed by atoms with Gasteiger partial charge in [-0.3, -0.25) is 0 Å². The molecular formula is C20H23NO4. The van der Waals surface area contributed by atoms with Gasteiger partial charge in [-0.2, -0.15) is 0 Å². The van der Waals surface area contributed by atoms with Gasteiger partial charge in [0.25, 0.3) is 0 Å². The molecule has 0 fully saturated rings. The third kappa shape index (κ3) is 4.32. The molecule has 25 heavy (non-hydrogen) atoms. The van der Waals surface area contributed by atoms with E-state index in [1.807, 2.05) is 43.1 Å². The molecule has 0 radical (unpaired) electrons. The van der Waals surface area contributed by atoms with Crippen molar-refractivity contribution in [3.8, 4) is 11.5 Å². The van der Waals surface area contributed by atoms with E-state index in [0.717, 1.165) is 5.69 Å². The number of ether oxygens (including phenoxy) is 3. The van der Waals surface area contributed by atoms with Crippen molar-refractivity contribution in [1.82, 2.24) is 0 Å². The molecule has 2 aromatic rings. The number of methoxy groups -OCH3 is 3. The number of anilines is 1. The van der Waals surface area contributed by atoms with Gasteiger partial charge in [0.05, 0.1) is 26.9 Å². The Bertz CT molecular complexity index is 766. The molecule has 0 amide bonds. The lowest BCUT2D eigenvalue weighted by molar-refractivity contribution is -0.133. The first-order chi connectivity index (χ1) is 12.0. The molecule has 5 nitrogen and oxygen atoms in total. The van der Waals surface area contributed by atoms with Crippen LogP contribution < -0.4 is 14.4 Å². The highest BCUT2D eigenvalue weighted by Crippen LogP contribution is 2.31. The van der Waals surface area contributed by atoms with Crippen LogP contribution in [0, 0.1) is 6.92 Å². The van der Waals surface area contributed by atoms with Crippen molar-refractivity contribution < 1.29 is 19.0 Å². The highest BCUT2D eigenvalue weighted by atomic mass is 16.5. The van der Waals surface area contributed by atoms with Gasteiger partial charge in [-0.05, 0) is 36.8 Å². The minimum Gasteiger partial charge on any atom is -0.493 e. The summed E-state index contributed by atoms with van der Waals surface area (Å²) in [5.41, 5.74) is 3.25. The molecule has 0 N–H and O–H groups in total. The predicted molar refractivity (Wildman–Crippen MR) is 99.1 cm³/mol. The van der Waals surface area contributed by atoms with E-state index in [1.54, 1.807) is 38.6 Å². The zero-order chi connectivity index (χ0) is 18.4. The SMILES string of the molecule is COC(=O)/C(=C\N(C)c1ccc(C)cc1)c1ccc(OC)c(OC)c1. The largest absolute Gasteiger partial charge is 0.493 e. The molecule has 2 rings (SSSR count). The minimum atomic E-state index is -0.425. The van der Waals surface area contributed by atoms with Crippen LogP contribution in [0.25, 0.3) is 5.57 Å². The Morgan fingerprint density at radius 3 is 2.16 bits per heavy atom. The number of aryl methyl sites for hydroxylation is 1. The van der Waals surface area contributed by atoms with E-state index in [1.165, 1.54) is 12.7 Å². The van der Waals surface area contributed by atoms with Crippen LogP contribution in [-0.2, 0) is 9.53 Å². The number of benzene rings is 2. The number of carbonyl (C=O) groups is 1. The summed E-state index contributed by atoms with van der Waals surface area (Å²) in [5.74, 6) is 0.723. The van der Waals surface area contributed by atoms with Crippen LogP contribution in [0.2, 0.25) is 0 Å². The van der Waals surface area contributed by atoms with Gasteiger partial charge in [0.1, 0.15) is 0 Å². The Balaban J connectivity index is 2.45. The maximum Gasteiger partial charge on any atom is 0.339 e. The zero-order valence-corrected chi connectivity index (χ0v) is 15.2.